The lowest BCUT2D eigenvalue weighted by Crippen LogP contribution is -2.38. The summed E-state index contributed by atoms with van der Waals surface area (Å²) in [5.41, 5.74) is 4.10. The van der Waals surface area contributed by atoms with Crippen LogP contribution in [0.1, 0.15) is 29.5 Å². The van der Waals surface area contributed by atoms with Gasteiger partial charge in [0.1, 0.15) is 5.75 Å². The first-order valence-corrected chi connectivity index (χ1v) is 10.8. The zero-order valence-corrected chi connectivity index (χ0v) is 17.9. The van der Waals surface area contributed by atoms with E-state index in [0.29, 0.717) is 13.0 Å². The largest absolute Gasteiger partial charge is 0.496 e. The molecule has 152 valence electrons. The topological polar surface area (TPSA) is 51.7 Å². The van der Waals surface area contributed by atoms with Gasteiger partial charge in [-0.3, -0.25) is 9.69 Å². The fourth-order valence-corrected chi connectivity index (χ4v) is 4.86. The Morgan fingerprint density at radius 3 is 2.83 bits per heavy atom. The molecular weight excluding hydrogens is 384 g/mol. The number of hydrogen-bond donors (Lipinski definition) is 0. The molecule has 2 aromatic carbocycles. The van der Waals surface area contributed by atoms with E-state index in [1.54, 1.807) is 18.4 Å². The van der Waals surface area contributed by atoms with E-state index in [2.05, 4.69) is 19.1 Å². The molecule has 1 unspecified atom stereocenters. The predicted molar refractivity (Wildman–Crippen MR) is 117 cm³/mol. The van der Waals surface area contributed by atoms with Gasteiger partial charge in [0.15, 0.2) is 5.13 Å². The highest BCUT2D eigenvalue weighted by atomic mass is 32.1. The molecule has 1 amide bonds. The van der Waals surface area contributed by atoms with Crippen molar-refractivity contribution in [1.82, 2.24) is 4.98 Å². The van der Waals surface area contributed by atoms with E-state index in [-0.39, 0.29) is 12.0 Å². The van der Waals surface area contributed by atoms with E-state index in [1.165, 1.54) is 0 Å². The smallest absolute Gasteiger partial charge is 0.233 e. The molecule has 0 saturated carbocycles. The Morgan fingerprint density at radius 2 is 2.14 bits per heavy atom. The fraction of sp³-hybridized carbons (Fsp3) is 0.391. The Morgan fingerprint density at radius 1 is 1.28 bits per heavy atom. The molecule has 0 radical (unpaired) electrons. The van der Waals surface area contributed by atoms with Gasteiger partial charge in [-0.05, 0) is 55.5 Å². The van der Waals surface area contributed by atoms with Crippen LogP contribution >= 0.6 is 11.3 Å². The maximum Gasteiger partial charge on any atom is 0.233 e. The number of carbonyl (C=O) groups is 1. The third kappa shape index (κ3) is 4.28. The highest BCUT2D eigenvalue weighted by Crippen LogP contribution is 2.32. The molecule has 1 aliphatic heterocycles. The monoisotopic (exact) mass is 410 g/mol. The van der Waals surface area contributed by atoms with Crippen molar-refractivity contribution in [3.63, 3.8) is 0 Å². The SMILES string of the molecule is COc1ccc(CC(=O)N(CC2CCCO2)c2nc3c(C)cccc3s2)cc1C. The molecule has 6 heteroatoms. The average molecular weight is 411 g/mol. The van der Waals surface area contributed by atoms with Crippen molar-refractivity contribution >= 4 is 32.6 Å². The molecule has 1 fully saturated rings. The molecule has 0 spiro atoms. The molecule has 1 aromatic heterocycles. The van der Waals surface area contributed by atoms with Crippen LogP contribution in [0.15, 0.2) is 36.4 Å². The van der Waals surface area contributed by atoms with E-state index in [9.17, 15) is 4.79 Å². The van der Waals surface area contributed by atoms with E-state index >= 15 is 0 Å². The standard InChI is InChI=1S/C23H26N2O3S/c1-15-6-4-8-20-22(15)24-23(29-20)25(14-18-7-5-11-28-18)21(26)13-17-9-10-19(27-3)16(2)12-17/h4,6,8-10,12,18H,5,7,11,13-14H2,1-3H3. The van der Waals surface area contributed by atoms with Crippen LogP contribution in [0.5, 0.6) is 5.75 Å². The quantitative estimate of drug-likeness (QED) is 0.592. The number of para-hydroxylation sites is 1. The maximum absolute atomic E-state index is 13.3. The second kappa shape index (κ2) is 8.51. The molecule has 0 bridgehead atoms. The van der Waals surface area contributed by atoms with Crippen molar-refractivity contribution in [2.75, 3.05) is 25.2 Å². The van der Waals surface area contributed by atoms with E-state index < -0.39 is 0 Å². The first kappa shape index (κ1) is 19.9. The summed E-state index contributed by atoms with van der Waals surface area (Å²) in [5, 5.41) is 0.750. The Hall–Kier alpha value is -2.44. The van der Waals surface area contributed by atoms with E-state index in [0.717, 1.165) is 57.2 Å². The minimum Gasteiger partial charge on any atom is -0.496 e. The lowest BCUT2D eigenvalue weighted by Gasteiger charge is -2.23. The summed E-state index contributed by atoms with van der Waals surface area (Å²) in [6, 6.07) is 12.0. The van der Waals surface area contributed by atoms with E-state index in [1.807, 2.05) is 36.1 Å². The normalized spacial score (nSPS) is 16.3. The van der Waals surface area contributed by atoms with Crippen molar-refractivity contribution in [3.05, 3.63) is 53.1 Å². The van der Waals surface area contributed by atoms with Gasteiger partial charge in [0.25, 0.3) is 0 Å². The summed E-state index contributed by atoms with van der Waals surface area (Å²) >= 11 is 1.57. The van der Waals surface area contributed by atoms with Crippen LogP contribution in [0.3, 0.4) is 0 Å². The van der Waals surface area contributed by atoms with Crippen LogP contribution in [0.25, 0.3) is 10.2 Å². The van der Waals surface area contributed by atoms with Crippen LogP contribution in [-0.2, 0) is 16.0 Å². The number of anilines is 1. The Balaban J connectivity index is 1.62. The molecule has 0 aliphatic carbocycles. The van der Waals surface area contributed by atoms with Gasteiger partial charge in [-0.1, -0.05) is 35.6 Å². The number of ether oxygens (including phenoxy) is 2. The highest BCUT2D eigenvalue weighted by Gasteiger charge is 2.26. The molecule has 1 aliphatic rings. The van der Waals surface area contributed by atoms with Gasteiger partial charge >= 0.3 is 0 Å². The van der Waals surface area contributed by atoms with Gasteiger partial charge in [0, 0.05) is 6.61 Å². The molecule has 5 nitrogen and oxygen atoms in total. The minimum absolute atomic E-state index is 0.0433. The number of nitrogens with zero attached hydrogens (tertiary/aromatic N) is 2. The molecule has 0 N–H and O–H groups in total. The molecule has 3 aromatic rings. The zero-order valence-electron chi connectivity index (χ0n) is 17.1. The fourth-order valence-electron chi connectivity index (χ4n) is 3.79. The van der Waals surface area contributed by atoms with Gasteiger partial charge in [-0.2, -0.15) is 0 Å². The first-order chi connectivity index (χ1) is 14.0. The summed E-state index contributed by atoms with van der Waals surface area (Å²) in [6.07, 6.45) is 2.43. The maximum atomic E-state index is 13.3. The zero-order chi connectivity index (χ0) is 20.4. The summed E-state index contributed by atoms with van der Waals surface area (Å²) in [4.78, 5) is 20.0. The third-order valence-corrected chi connectivity index (χ3v) is 6.41. The van der Waals surface area contributed by atoms with Crippen molar-refractivity contribution < 1.29 is 14.3 Å². The van der Waals surface area contributed by atoms with Crippen LogP contribution in [0.2, 0.25) is 0 Å². The summed E-state index contributed by atoms with van der Waals surface area (Å²) in [6.45, 7) is 5.36. The number of hydrogen-bond acceptors (Lipinski definition) is 5. The average Bonchev–Trinajstić information content (AvgIpc) is 3.36. The number of benzene rings is 2. The molecule has 2 heterocycles. The summed E-state index contributed by atoms with van der Waals surface area (Å²) in [5.74, 6) is 0.876. The second-order valence-corrected chi connectivity index (χ2v) is 8.55. The number of fused-ring (bicyclic) bond motifs is 1. The number of thiazole rings is 1. The number of aryl methyl sites for hydroxylation is 2. The van der Waals surface area contributed by atoms with Crippen LogP contribution in [0, 0.1) is 13.8 Å². The number of carbonyl (C=O) groups excluding carboxylic acids is 1. The van der Waals surface area contributed by atoms with Gasteiger partial charge in [-0.15, -0.1) is 0 Å². The molecule has 1 atom stereocenters. The van der Waals surface area contributed by atoms with Gasteiger partial charge in [-0.25, -0.2) is 4.98 Å². The van der Waals surface area contributed by atoms with Crippen molar-refractivity contribution in [3.8, 4) is 5.75 Å². The lowest BCUT2D eigenvalue weighted by atomic mass is 10.1. The molecule has 4 rings (SSSR count). The number of aromatic nitrogens is 1. The van der Waals surface area contributed by atoms with E-state index in [4.69, 9.17) is 14.5 Å². The van der Waals surface area contributed by atoms with Crippen LogP contribution in [0.4, 0.5) is 5.13 Å². The third-order valence-electron chi connectivity index (χ3n) is 5.37. The van der Waals surface area contributed by atoms with Crippen LogP contribution < -0.4 is 9.64 Å². The molecular formula is C23H26N2O3S. The molecule has 1 saturated heterocycles. The van der Waals surface area contributed by atoms with Crippen LogP contribution in [-0.4, -0.2) is 37.3 Å². The number of methoxy groups -OCH3 is 1. The number of amides is 1. The van der Waals surface area contributed by atoms with Crippen molar-refractivity contribution in [2.45, 2.75) is 39.2 Å². The Kier molecular flexibility index (Phi) is 5.83. The number of rotatable bonds is 6. The first-order valence-electron chi connectivity index (χ1n) is 9.97. The Bertz CT molecular complexity index is 1020. The predicted octanol–water partition coefficient (Wildman–Crippen LogP) is 4.68. The minimum atomic E-state index is 0.0433. The lowest BCUT2D eigenvalue weighted by molar-refractivity contribution is -0.118. The summed E-state index contributed by atoms with van der Waals surface area (Å²) in [7, 11) is 1.66. The highest BCUT2D eigenvalue weighted by molar-refractivity contribution is 7.22. The van der Waals surface area contributed by atoms with Gasteiger partial charge in [0.05, 0.1) is 36.4 Å². The second-order valence-electron chi connectivity index (χ2n) is 7.54. The Labute approximate surface area is 175 Å². The van der Waals surface area contributed by atoms with Crippen molar-refractivity contribution in [2.24, 2.45) is 0 Å². The van der Waals surface area contributed by atoms with Gasteiger partial charge < -0.3 is 9.47 Å². The van der Waals surface area contributed by atoms with Gasteiger partial charge in [0.2, 0.25) is 5.91 Å². The van der Waals surface area contributed by atoms with Crippen molar-refractivity contribution in [1.29, 1.82) is 0 Å². The molecule has 29 heavy (non-hydrogen) atoms. The summed E-state index contributed by atoms with van der Waals surface area (Å²) < 4.78 is 12.3.